The van der Waals surface area contributed by atoms with E-state index >= 15 is 0 Å². The van der Waals surface area contributed by atoms with Gasteiger partial charge in [0.15, 0.2) is 11.5 Å². The van der Waals surface area contributed by atoms with Crippen LogP contribution in [0, 0.1) is 0 Å². The molecule has 0 heterocycles. The number of carbonyl (C=O) groups excluding carboxylic acids is 4. The summed E-state index contributed by atoms with van der Waals surface area (Å²) in [6.45, 7) is 1.77. The number of hydrogen-bond donors (Lipinski definition) is 4. The first-order valence-corrected chi connectivity index (χ1v) is 15.2. The van der Waals surface area contributed by atoms with Gasteiger partial charge in [-0.2, -0.15) is 0 Å². The van der Waals surface area contributed by atoms with Crippen LogP contribution >= 0.6 is 11.8 Å². The molecule has 0 spiro atoms. The molecule has 12 heteroatoms. The van der Waals surface area contributed by atoms with Crippen LogP contribution in [0.25, 0.3) is 6.08 Å². The first-order valence-electron chi connectivity index (χ1n) is 14.3. The number of methoxy groups -OCH3 is 3. The van der Waals surface area contributed by atoms with Gasteiger partial charge in [0.1, 0.15) is 11.4 Å². The van der Waals surface area contributed by atoms with E-state index in [1.807, 2.05) is 0 Å². The van der Waals surface area contributed by atoms with Gasteiger partial charge < -0.3 is 35.9 Å². The smallest absolute Gasteiger partial charge is 0.272 e. The van der Waals surface area contributed by atoms with E-state index in [0.29, 0.717) is 45.3 Å². The summed E-state index contributed by atoms with van der Waals surface area (Å²) in [5, 5.41) is 7.88. The quantitative estimate of drug-likeness (QED) is 0.111. The van der Waals surface area contributed by atoms with Gasteiger partial charge in [0.05, 0.1) is 26.6 Å². The highest BCUT2D eigenvalue weighted by Gasteiger charge is 2.19. The van der Waals surface area contributed by atoms with Crippen LogP contribution in [0.4, 0.5) is 11.4 Å². The number of benzene rings is 4. The summed E-state index contributed by atoms with van der Waals surface area (Å²) in [6, 6.07) is 25.0. The number of ether oxygens (including phenoxy) is 3. The fourth-order valence-electron chi connectivity index (χ4n) is 4.30. The van der Waals surface area contributed by atoms with E-state index in [-0.39, 0.29) is 11.6 Å². The third-order valence-electron chi connectivity index (χ3n) is 6.80. The van der Waals surface area contributed by atoms with E-state index in [9.17, 15) is 19.2 Å². The molecule has 5 N–H and O–H groups in total. The molecular weight excluding hydrogens is 620 g/mol. The molecule has 0 aliphatic rings. The van der Waals surface area contributed by atoms with Gasteiger partial charge in [0.2, 0.25) is 11.8 Å². The van der Waals surface area contributed by atoms with Gasteiger partial charge in [-0.15, -0.1) is 11.8 Å². The lowest BCUT2D eigenvalue weighted by Gasteiger charge is -2.15. The standard InChI is InChI=1S/C35H34N4O7S/c1-21(33(41)37-25-12-10-22(11-13-25)32(36)40)47-27-16-14-26(15-17-27)38-35(43)28(39-34(42)23-8-6-5-7-9-23)18-24-19-30(45-3)31(46-4)20-29(24)44-2/h5-21H,1-4H3,(H2,36,40)(H,37,41)(H,38,43)(H,39,42)/b28-18-. The van der Waals surface area contributed by atoms with E-state index in [0.717, 1.165) is 4.90 Å². The lowest BCUT2D eigenvalue weighted by Crippen LogP contribution is -2.30. The third-order valence-corrected chi connectivity index (χ3v) is 7.91. The fourth-order valence-corrected chi connectivity index (χ4v) is 5.17. The SMILES string of the molecule is COc1cc(OC)c(OC)cc1/C=C(\NC(=O)c1ccccc1)C(=O)Nc1ccc(SC(C)C(=O)Nc2ccc(C(N)=O)cc2)cc1. The number of nitrogens with two attached hydrogens (primary N) is 1. The average Bonchev–Trinajstić information content (AvgIpc) is 3.08. The molecule has 4 aromatic rings. The molecular formula is C35H34N4O7S. The van der Waals surface area contributed by atoms with Crippen molar-refractivity contribution in [2.45, 2.75) is 17.1 Å². The molecule has 0 fully saturated rings. The van der Waals surface area contributed by atoms with Crippen molar-refractivity contribution in [3.05, 3.63) is 113 Å². The minimum absolute atomic E-state index is 0.0445. The van der Waals surface area contributed by atoms with Gasteiger partial charge in [-0.3, -0.25) is 19.2 Å². The molecule has 4 amide bonds. The van der Waals surface area contributed by atoms with Crippen LogP contribution in [0.15, 0.2) is 102 Å². The predicted molar refractivity (Wildman–Crippen MR) is 182 cm³/mol. The summed E-state index contributed by atoms with van der Waals surface area (Å²) in [7, 11) is 4.47. The Morgan fingerprint density at radius 3 is 1.89 bits per heavy atom. The Morgan fingerprint density at radius 2 is 1.30 bits per heavy atom. The van der Waals surface area contributed by atoms with Crippen molar-refractivity contribution in [2.24, 2.45) is 5.73 Å². The number of thioether (sulfide) groups is 1. The summed E-state index contributed by atoms with van der Waals surface area (Å²) in [5.74, 6) is -0.599. The second-order valence-corrected chi connectivity index (χ2v) is 11.4. The molecule has 0 aliphatic heterocycles. The van der Waals surface area contributed by atoms with Gasteiger partial charge in [-0.1, -0.05) is 18.2 Å². The second-order valence-electron chi connectivity index (χ2n) is 10.00. The Kier molecular flexibility index (Phi) is 11.6. The molecule has 0 aliphatic carbocycles. The number of amides is 4. The molecule has 1 atom stereocenters. The summed E-state index contributed by atoms with van der Waals surface area (Å²) >= 11 is 1.33. The predicted octanol–water partition coefficient (Wildman–Crippen LogP) is 5.34. The molecule has 0 radical (unpaired) electrons. The maximum Gasteiger partial charge on any atom is 0.272 e. The van der Waals surface area contributed by atoms with E-state index in [1.165, 1.54) is 39.2 Å². The molecule has 1 unspecified atom stereocenters. The number of primary amides is 1. The summed E-state index contributed by atoms with van der Waals surface area (Å²) in [6.07, 6.45) is 1.49. The van der Waals surface area contributed by atoms with Crippen LogP contribution < -0.4 is 35.9 Å². The van der Waals surface area contributed by atoms with Crippen molar-refractivity contribution in [3.63, 3.8) is 0 Å². The van der Waals surface area contributed by atoms with Crippen molar-refractivity contribution in [2.75, 3.05) is 32.0 Å². The van der Waals surface area contributed by atoms with Gasteiger partial charge in [0.25, 0.3) is 11.8 Å². The molecule has 0 saturated carbocycles. The highest BCUT2D eigenvalue weighted by atomic mass is 32.2. The Hall–Kier alpha value is -5.75. The van der Waals surface area contributed by atoms with Gasteiger partial charge in [0, 0.05) is 39.0 Å². The Bertz CT molecular complexity index is 1780. The van der Waals surface area contributed by atoms with Crippen molar-refractivity contribution in [3.8, 4) is 17.2 Å². The number of hydrogen-bond acceptors (Lipinski definition) is 8. The first kappa shape index (κ1) is 34.1. The number of rotatable bonds is 13. The Balaban J connectivity index is 1.50. The van der Waals surface area contributed by atoms with Crippen LogP contribution in [0.5, 0.6) is 17.2 Å². The highest BCUT2D eigenvalue weighted by molar-refractivity contribution is 8.00. The van der Waals surface area contributed by atoms with E-state index in [4.69, 9.17) is 19.9 Å². The fraction of sp³-hybridized carbons (Fsp3) is 0.143. The summed E-state index contributed by atoms with van der Waals surface area (Å²) in [5.41, 5.74) is 7.41. The van der Waals surface area contributed by atoms with Crippen LogP contribution in [0.1, 0.15) is 33.2 Å². The Morgan fingerprint density at radius 1 is 0.723 bits per heavy atom. The van der Waals surface area contributed by atoms with E-state index in [2.05, 4.69) is 16.0 Å². The van der Waals surface area contributed by atoms with Crippen LogP contribution in [0.2, 0.25) is 0 Å². The highest BCUT2D eigenvalue weighted by Crippen LogP contribution is 2.35. The monoisotopic (exact) mass is 654 g/mol. The third kappa shape index (κ3) is 9.14. The Labute approximate surface area is 276 Å². The lowest BCUT2D eigenvalue weighted by atomic mass is 10.1. The van der Waals surface area contributed by atoms with E-state index < -0.39 is 23.0 Å². The lowest BCUT2D eigenvalue weighted by molar-refractivity contribution is -0.115. The number of carbonyl (C=O) groups is 4. The molecule has 47 heavy (non-hydrogen) atoms. The van der Waals surface area contributed by atoms with Crippen LogP contribution in [-0.2, 0) is 9.59 Å². The van der Waals surface area contributed by atoms with Crippen molar-refractivity contribution in [1.82, 2.24) is 5.32 Å². The van der Waals surface area contributed by atoms with Crippen molar-refractivity contribution in [1.29, 1.82) is 0 Å². The van der Waals surface area contributed by atoms with Crippen LogP contribution in [0.3, 0.4) is 0 Å². The topological polar surface area (TPSA) is 158 Å². The first-order chi connectivity index (χ1) is 22.6. The van der Waals surface area contributed by atoms with Gasteiger partial charge >= 0.3 is 0 Å². The van der Waals surface area contributed by atoms with Gasteiger partial charge in [-0.05, 0) is 79.7 Å². The minimum Gasteiger partial charge on any atom is -0.496 e. The normalized spacial score (nSPS) is 11.5. The molecule has 4 rings (SSSR count). The van der Waals surface area contributed by atoms with Gasteiger partial charge in [-0.25, -0.2) is 0 Å². The summed E-state index contributed by atoms with van der Waals surface area (Å²) < 4.78 is 16.3. The molecule has 4 aromatic carbocycles. The van der Waals surface area contributed by atoms with Crippen molar-refractivity contribution < 1.29 is 33.4 Å². The summed E-state index contributed by atoms with van der Waals surface area (Å²) in [4.78, 5) is 51.5. The molecule has 0 bridgehead atoms. The van der Waals surface area contributed by atoms with Crippen molar-refractivity contribution >= 4 is 52.8 Å². The molecule has 242 valence electrons. The largest absolute Gasteiger partial charge is 0.496 e. The molecule has 0 saturated heterocycles. The zero-order valence-corrected chi connectivity index (χ0v) is 27.0. The molecule has 0 aromatic heterocycles. The van der Waals surface area contributed by atoms with Crippen LogP contribution in [-0.4, -0.2) is 50.2 Å². The number of nitrogens with one attached hydrogen (secondary N) is 3. The number of anilines is 2. The van der Waals surface area contributed by atoms with E-state index in [1.54, 1.807) is 97.9 Å². The average molecular weight is 655 g/mol. The zero-order chi connectivity index (χ0) is 33.9. The molecule has 11 nitrogen and oxygen atoms in total. The maximum absolute atomic E-state index is 13.6. The zero-order valence-electron chi connectivity index (χ0n) is 26.2. The minimum atomic E-state index is -0.582. The maximum atomic E-state index is 13.6. The second kappa shape index (κ2) is 16.0.